The Balaban J connectivity index is 2.64. The minimum Gasteiger partial charge on any atom is -0.331 e. The Bertz CT molecular complexity index is 413. The summed E-state index contributed by atoms with van der Waals surface area (Å²) >= 11 is 1.88. The van der Waals surface area contributed by atoms with Gasteiger partial charge >= 0.3 is 6.03 Å². The summed E-state index contributed by atoms with van der Waals surface area (Å²) in [6, 6.07) is 7.92. The highest BCUT2D eigenvalue weighted by Crippen LogP contribution is 2.36. The lowest BCUT2D eigenvalue weighted by molar-refractivity contribution is 0.230. The van der Waals surface area contributed by atoms with Gasteiger partial charge in [0, 0.05) is 29.4 Å². The van der Waals surface area contributed by atoms with Crippen molar-refractivity contribution in [2.75, 3.05) is 19.4 Å². The number of thioether (sulfide) groups is 1. The number of carbonyl (C=O) groups excluding carboxylic acids is 1. The Morgan fingerprint density at radius 2 is 1.84 bits per heavy atom. The van der Waals surface area contributed by atoms with Crippen molar-refractivity contribution >= 4 is 23.5 Å². The Morgan fingerprint density at radius 3 is 2.32 bits per heavy atom. The lowest BCUT2D eigenvalue weighted by Crippen LogP contribution is -2.27. The van der Waals surface area contributed by atoms with Gasteiger partial charge in [0.05, 0.1) is 0 Å². The van der Waals surface area contributed by atoms with E-state index in [1.54, 1.807) is 14.1 Å². The number of hydrogen-bond acceptors (Lipinski definition) is 2. The summed E-state index contributed by atoms with van der Waals surface area (Å²) in [4.78, 5) is 14.3. The maximum atomic E-state index is 11.5. The van der Waals surface area contributed by atoms with Gasteiger partial charge in [-0.15, -0.1) is 11.8 Å². The van der Waals surface area contributed by atoms with Gasteiger partial charge in [0.1, 0.15) is 0 Å². The van der Waals surface area contributed by atoms with Crippen molar-refractivity contribution in [1.82, 2.24) is 4.90 Å². The molecule has 106 valence electrons. The van der Waals surface area contributed by atoms with E-state index in [0.29, 0.717) is 0 Å². The van der Waals surface area contributed by atoms with Gasteiger partial charge < -0.3 is 10.2 Å². The van der Waals surface area contributed by atoms with E-state index in [9.17, 15) is 4.79 Å². The van der Waals surface area contributed by atoms with Gasteiger partial charge in [-0.2, -0.15) is 0 Å². The van der Waals surface area contributed by atoms with Gasteiger partial charge in [0.15, 0.2) is 0 Å². The van der Waals surface area contributed by atoms with E-state index < -0.39 is 0 Å². The van der Waals surface area contributed by atoms with Crippen LogP contribution in [0.15, 0.2) is 29.2 Å². The molecule has 19 heavy (non-hydrogen) atoms. The van der Waals surface area contributed by atoms with E-state index in [0.717, 1.165) is 5.69 Å². The zero-order valence-corrected chi connectivity index (χ0v) is 13.3. The number of rotatable bonds is 5. The van der Waals surface area contributed by atoms with Gasteiger partial charge in [-0.3, -0.25) is 0 Å². The topological polar surface area (TPSA) is 32.3 Å². The fourth-order valence-corrected chi connectivity index (χ4v) is 3.03. The van der Waals surface area contributed by atoms with Gasteiger partial charge in [0.25, 0.3) is 0 Å². The van der Waals surface area contributed by atoms with Crippen LogP contribution in [0.25, 0.3) is 0 Å². The van der Waals surface area contributed by atoms with Crippen molar-refractivity contribution in [1.29, 1.82) is 0 Å². The summed E-state index contributed by atoms with van der Waals surface area (Å²) in [7, 11) is 3.46. The molecule has 0 atom stereocenters. The fraction of sp³-hybridized carbons (Fsp3) is 0.533. The highest BCUT2D eigenvalue weighted by atomic mass is 32.2. The van der Waals surface area contributed by atoms with Crippen LogP contribution in [0.1, 0.15) is 33.6 Å². The van der Waals surface area contributed by atoms with Crippen LogP contribution in [-0.2, 0) is 0 Å². The summed E-state index contributed by atoms with van der Waals surface area (Å²) in [5.74, 6) is 0. The third-order valence-corrected chi connectivity index (χ3v) is 4.02. The first-order chi connectivity index (χ1) is 8.84. The zero-order chi connectivity index (χ0) is 14.5. The van der Waals surface area contributed by atoms with Gasteiger partial charge in [-0.25, -0.2) is 4.79 Å². The second-order valence-electron chi connectivity index (χ2n) is 5.46. The SMILES string of the molecule is CCCC(C)(C)Sc1ccc(NC(=O)N(C)C)cc1. The average Bonchev–Trinajstić information content (AvgIpc) is 2.31. The van der Waals surface area contributed by atoms with Crippen LogP contribution >= 0.6 is 11.8 Å². The van der Waals surface area contributed by atoms with Crippen LogP contribution in [0.3, 0.4) is 0 Å². The zero-order valence-electron chi connectivity index (χ0n) is 12.5. The molecule has 0 aliphatic heterocycles. The van der Waals surface area contributed by atoms with Gasteiger partial charge in [-0.05, 0) is 30.7 Å². The molecule has 1 N–H and O–H groups in total. The molecule has 0 fully saturated rings. The highest BCUT2D eigenvalue weighted by molar-refractivity contribution is 8.00. The standard InChI is InChI=1S/C15H24N2OS/c1-6-11-15(2,3)19-13-9-7-12(8-10-13)16-14(18)17(4)5/h7-10H,6,11H2,1-5H3,(H,16,18). The largest absolute Gasteiger partial charge is 0.331 e. The summed E-state index contributed by atoms with van der Waals surface area (Å²) in [6.07, 6.45) is 2.38. The Labute approximate surface area is 120 Å². The first-order valence-corrected chi connectivity index (χ1v) is 7.43. The molecule has 0 radical (unpaired) electrons. The van der Waals surface area contributed by atoms with Gasteiger partial charge in [-0.1, -0.05) is 27.2 Å². The Kier molecular flexibility index (Phi) is 5.73. The average molecular weight is 280 g/mol. The number of anilines is 1. The Morgan fingerprint density at radius 1 is 1.26 bits per heavy atom. The maximum absolute atomic E-state index is 11.5. The van der Waals surface area contributed by atoms with Crippen LogP contribution < -0.4 is 5.32 Å². The fourth-order valence-electron chi connectivity index (χ4n) is 1.81. The van der Waals surface area contributed by atoms with Crippen molar-refractivity contribution in [3.05, 3.63) is 24.3 Å². The molecule has 0 spiro atoms. The van der Waals surface area contributed by atoms with E-state index >= 15 is 0 Å². The molecule has 0 unspecified atom stereocenters. The van der Waals surface area contributed by atoms with E-state index in [1.807, 2.05) is 23.9 Å². The molecule has 1 aromatic carbocycles. The third kappa shape index (κ3) is 5.55. The summed E-state index contributed by atoms with van der Waals surface area (Å²) in [6.45, 7) is 6.74. The molecule has 1 rings (SSSR count). The smallest absolute Gasteiger partial charge is 0.321 e. The minimum absolute atomic E-state index is 0.105. The molecule has 4 heteroatoms. The van der Waals surface area contributed by atoms with Crippen LogP contribution in [0, 0.1) is 0 Å². The highest BCUT2D eigenvalue weighted by Gasteiger charge is 2.18. The van der Waals surface area contributed by atoms with Crippen molar-refractivity contribution < 1.29 is 4.79 Å². The molecule has 0 saturated carbocycles. The van der Waals surface area contributed by atoms with E-state index in [2.05, 4.69) is 38.2 Å². The second-order valence-corrected chi connectivity index (χ2v) is 7.24. The van der Waals surface area contributed by atoms with Crippen LogP contribution in [0.4, 0.5) is 10.5 Å². The lowest BCUT2D eigenvalue weighted by Gasteiger charge is -2.23. The summed E-state index contributed by atoms with van der Waals surface area (Å²) < 4.78 is 0.253. The first kappa shape index (κ1) is 15.9. The molecule has 2 amide bonds. The first-order valence-electron chi connectivity index (χ1n) is 6.61. The number of hydrogen-bond donors (Lipinski definition) is 1. The van der Waals surface area contributed by atoms with Crippen molar-refractivity contribution in [2.24, 2.45) is 0 Å². The molecule has 3 nitrogen and oxygen atoms in total. The molecular formula is C15H24N2OS. The van der Waals surface area contributed by atoms with Crippen LogP contribution in [0.2, 0.25) is 0 Å². The number of amides is 2. The van der Waals surface area contributed by atoms with Crippen LogP contribution in [-0.4, -0.2) is 29.8 Å². The normalized spacial score (nSPS) is 11.2. The summed E-state index contributed by atoms with van der Waals surface area (Å²) in [5.41, 5.74) is 0.830. The lowest BCUT2D eigenvalue weighted by atomic mass is 10.1. The number of benzene rings is 1. The van der Waals surface area contributed by atoms with Crippen molar-refractivity contribution in [2.45, 2.75) is 43.3 Å². The number of carbonyl (C=O) groups is 1. The third-order valence-electron chi connectivity index (χ3n) is 2.76. The molecule has 0 aliphatic carbocycles. The van der Waals surface area contributed by atoms with E-state index in [-0.39, 0.29) is 10.8 Å². The predicted molar refractivity (Wildman–Crippen MR) is 84.0 cm³/mol. The monoisotopic (exact) mass is 280 g/mol. The molecule has 0 aromatic heterocycles. The summed E-state index contributed by atoms with van der Waals surface area (Å²) in [5, 5.41) is 2.83. The predicted octanol–water partition coefficient (Wildman–Crippen LogP) is 4.45. The van der Waals surface area contributed by atoms with Gasteiger partial charge in [0.2, 0.25) is 0 Å². The molecule has 0 aliphatic rings. The number of urea groups is 1. The molecule has 0 saturated heterocycles. The molecule has 1 aromatic rings. The number of nitrogens with one attached hydrogen (secondary N) is 1. The quantitative estimate of drug-likeness (QED) is 0.808. The minimum atomic E-state index is -0.105. The molecule has 0 heterocycles. The van der Waals surface area contributed by atoms with E-state index in [4.69, 9.17) is 0 Å². The van der Waals surface area contributed by atoms with Crippen molar-refractivity contribution in [3.63, 3.8) is 0 Å². The van der Waals surface area contributed by atoms with E-state index in [1.165, 1.54) is 22.6 Å². The second kappa shape index (κ2) is 6.85. The maximum Gasteiger partial charge on any atom is 0.321 e. The molecular weight excluding hydrogens is 256 g/mol. The molecule has 0 bridgehead atoms. The Hall–Kier alpha value is -1.16. The van der Waals surface area contributed by atoms with Crippen LogP contribution in [0.5, 0.6) is 0 Å². The number of nitrogens with zero attached hydrogens (tertiary/aromatic N) is 1. The van der Waals surface area contributed by atoms with Crippen molar-refractivity contribution in [3.8, 4) is 0 Å².